The SMILES string of the molecule is O=C(Nc1cc(Cl)nnc1Cl)c1c(O)c2ccccc2oc1=O. The molecule has 1 aromatic carbocycles. The van der Waals surface area contributed by atoms with Crippen LogP contribution in [0.5, 0.6) is 5.75 Å². The first-order valence-corrected chi connectivity index (χ1v) is 6.98. The molecule has 3 aromatic rings. The first-order chi connectivity index (χ1) is 11.0. The molecule has 0 aliphatic rings. The number of nitrogens with one attached hydrogen (secondary N) is 1. The van der Waals surface area contributed by atoms with Crippen molar-refractivity contribution < 1.29 is 14.3 Å². The molecule has 1 amide bonds. The van der Waals surface area contributed by atoms with Gasteiger partial charge in [-0.25, -0.2) is 4.79 Å². The third kappa shape index (κ3) is 2.84. The standard InChI is InChI=1S/C14H7Cl2N3O4/c15-9-5-7(12(16)19-18-9)17-13(21)10-11(20)6-3-1-2-4-8(6)23-14(10)22/h1-5,20H,(H,17,18,21). The van der Waals surface area contributed by atoms with Crippen molar-refractivity contribution >= 4 is 45.8 Å². The predicted molar refractivity (Wildman–Crippen MR) is 84.2 cm³/mol. The first kappa shape index (κ1) is 15.3. The van der Waals surface area contributed by atoms with Gasteiger partial charge in [0, 0.05) is 6.07 Å². The molecule has 0 saturated heterocycles. The lowest BCUT2D eigenvalue weighted by Gasteiger charge is -2.08. The zero-order valence-corrected chi connectivity index (χ0v) is 12.7. The van der Waals surface area contributed by atoms with Crippen LogP contribution in [0.15, 0.2) is 39.5 Å². The largest absolute Gasteiger partial charge is 0.506 e. The quantitative estimate of drug-likeness (QED) is 0.687. The number of carbonyl (C=O) groups excluding carboxylic acids is 1. The normalized spacial score (nSPS) is 10.7. The number of rotatable bonds is 2. The van der Waals surface area contributed by atoms with Crippen LogP contribution in [0.4, 0.5) is 5.69 Å². The molecule has 9 heteroatoms. The Bertz CT molecular complexity index is 987. The number of halogens is 2. The van der Waals surface area contributed by atoms with Gasteiger partial charge in [0.1, 0.15) is 11.3 Å². The third-order valence-electron chi connectivity index (χ3n) is 2.98. The summed E-state index contributed by atoms with van der Waals surface area (Å²) in [6.45, 7) is 0. The fourth-order valence-electron chi connectivity index (χ4n) is 1.96. The second-order valence-electron chi connectivity index (χ2n) is 4.43. The lowest BCUT2D eigenvalue weighted by molar-refractivity contribution is 0.102. The second kappa shape index (κ2) is 5.86. The summed E-state index contributed by atoms with van der Waals surface area (Å²) in [5, 5.41) is 19.7. The van der Waals surface area contributed by atoms with Crippen molar-refractivity contribution in [3.63, 3.8) is 0 Å². The van der Waals surface area contributed by atoms with Gasteiger partial charge in [0.25, 0.3) is 5.91 Å². The molecule has 0 saturated carbocycles. The van der Waals surface area contributed by atoms with Crippen LogP contribution in [0.1, 0.15) is 10.4 Å². The Kier molecular flexibility index (Phi) is 3.89. The van der Waals surface area contributed by atoms with Crippen LogP contribution in [0.3, 0.4) is 0 Å². The summed E-state index contributed by atoms with van der Waals surface area (Å²) in [5.74, 6) is -1.40. The van der Waals surface area contributed by atoms with Gasteiger partial charge >= 0.3 is 5.63 Å². The van der Waals surface area contributed by atoms with E-state index in [2.05, 4.69) is 15.5 Å². The van der Waals surface area contributed by atoms with Crippen molar-refractivity contribution in [3.8, 4) is 5.75 Å². The van der Waals surface area contributed by atoms with E-state index in [0.29, 0.717) is 0 Å². The molecule has 0 spiro atoms. The van der Waals surface area contributed by atoms with E-state index in [0.717, 1.165) is 0 Å². The van der Waals surface area contributed by atoms with Crippen molar-refractivity contribution in [3.05, 3.63) is 56.6 Å². The van der Waals surface area contributed by atoms with Crippen molar-refractivity contribution in [2.24, 2.45) is 0 Å². The molecule has 0 unspecified atom stereocenters. The topological polar surface area (TPSA) is 105 Å². The number of aromatic hydroxyl groups is 1. The zero-order chi connectivity index (χ0) is 16.6. The van der Waals surface area contributed by atoms with Crippen LogP contribution in [0, 0.1) is 0 Å². The monoisotopic (exact) mass is 351 g/mol. The first-order valence-electron chi connectivity index (χ1n) is 6.22. The Morgan fingerprint density at radius 3 is 2.74 bits per heavy atom. The highest BCUT2D eigenvalue weighted by molar-refractivity contribution is 6.34. The molecule has 7 nitrogen and oxygen atoms in total. The van der Waals surface area contributed by atoms with Gasteiger partial charge in [-0.1, -0.05) is 35.3 Å². The fourth-order valence-corrected chi connectivity index (χ4v) is 2.25. The summed E-state index contributed by atoms with van der Waals surface area (Å²) in [7, 11) is 0. The second-order valence-corrected chi connectivity index (χ2v) is 5.18. The van der Waals surface area contributed by atoms with Crippen molar-refractivity contribution in [1.82, 2.24) is 10.2 Å². The van der Waals surface area contributed by atoms with E-state index in [9.17, 15) is 14.7 Å². The number of hydrogen-bond donors (Lipinski definition) is 2. The van der Waals surface area contributed by atoms with Crippen molar-refractivity contribution in [1.29, 1.82) is 0 Å². The number of fused-ring (bicyclic) bond motifs is 1. The molecular weight excluding hydrogens is 345 g/mol. The zero-order valence-electron chi connectivity index (χ0n) is 11.2. The minimum atomic E-state index is -0.983. The molecule has 0 fully saturated rings. The summed E-state index contributed by atoms with van der Waals surface area (Å²) in [6, 6.07) is 7.54. The van der Waals surface area contributed by atoms with E-state index < -0.39 is 22.8 Å². The molecule has 0 bridgehead atoms. The average Bonchev–Trinajstić information content (AvgIpc) is 2.51. The maximum Gasteiger partial charge on any atom is 0.353 e. The molecule has 2 aromatic heterocycles. The lowest BCUT2D eigenvalue weighted by atomic mass is 10.1. The number of aromatic nitrogens is 2. The van der Waals surface area contributed by atoms with E-state index >= 15 is 0 Å². The number of carbonyl (C=O) groups is 1. The van der Waals surface area contributed by atoms with Crippen molar-refractivity contribution in [2.75, 3.05) is 5.32 Å². The molecule has 116 valence electrons. The minimum Gasteiger partial charge on any atom is -0.506 e. The summed E-state index contributed by atoms with van der Waals surface area (Å²) < 4.78 is 5.02. The fraction of sp³-hybridized carbons (Fsp3) is 0. The smallest absolute Gasteiger partial charge is 0.353 e. The van der Waals surface area contributed by atoms with Crippen LogP contribution in [-0.2, 0) is 0 Å². The number of hydrogen-bond acceptors (Lipinski definition) is 6. The Hall–Kier alpha value is -2.64. The van der Waals surface area contributed by atoms with Gasteiger partial charge in [0.2, 0.25) is 0 Å². The van der Waals surface area contributed by atoms with Gasteiger partial charge in [-0.2, -0.15) is 0 Å². The number of benzene rings is 1. The molecule has 0 atom stereocenters. The molecular formula is C14H7Cl2N3O4. The summed E-state index contributed by atoms with van der Waals surface area (Å²) >= 11 is 11.5. The van der Waals surface area contributed by atoms with Gasteiger partial charge in [-0.05, 0) is 12.1 Å². The maximum absolute atomic E-state index is 12.3. The van der Waals surface area contributed by atoms with Crippen LogP contribution in [-0.4, -0.2) is 21.2 Å². The maximum atomic E-state index is 12.3. The highest BCUT2D eigenvalue weighted by Gasteiger charge is 2.22. The van der Waals surface area contributed by atoms with Crippen LogP contribution in [0.2, 0.25) is 10.3 Å². The average molecular weight is 352 g/mol. The van der Waals surface area contributed by atoms with Gasteiger partial charge < -0.3 is 14.8 Å². The highest BCUT2D eigenvalue weighted by atomic mass is 35.5. The Balaban J connectivity index is 2.08. The Morgan fingerprint density at radius 2 is 1.96 bits per heavy atom. The van der Waals surface area contributed by atoms with Crippen molar-refractivity contribution in [2.45, 2.75) is 0 Å². The molecule has 2 N–H and O–H groups in total. The summed E-state index contributed by atoms with van der Waals surface area (Å²) in [5.41, 5.74) is -1.32. The molecule has 0 radical (unpaired) electrons. The van der Waals surface area contributed by atoms with Gasteiger partial charge in [0.05, 0.1) is 11.1 Å². The van der Waals surface area contributed by atoms with Crippen LogP contribution >= 0.6 is 23.2 Å². The highest BCUT2D eigenvalue weighted by Crippen LogP contribution is 2.27. The minimum absolute atomic E-state index is 0.000493. The third-order valence-corrected chi connectivity index (χ3v) is 3.44. The number of para-hydroxylation sites is 1. The van der Waals surface area contributed by atoms with E-state index in [1.807, 2.05) is 0 Å². The van der Waals surface area contributed by atoms with E-state index in [-0.39, 0.29) is 27.0 Å². The van der Waals surface area contributed by atoms with Crippen LogP contribution in [0.25, 0.3) is 11.0 Å². The number of nitrogens with zero attached hydrogens (tertiary/aromatic N) is 2. The summed E-state index contributed by atoms with van der Waals surface area (Å²) in [6.07, 6.45) is 0. The predicted octanol–water partition coefficient (Wildman–Crippen LogP) is 2.85. The Labute approximate surface area is 138 Å². The summed E-state index contributed by atoms with van der Waals surface area (Å²) in [4.78, 5) is 24.2. The number of amides is 1. The van der Waals surface area contributed by atoms with E-state index in [1.165, 1.54) is 18.2 Å². The molecule has 0 aliphatic heterocycles. The Morgan fingerprint density at radius 1 is 1.22 bits per heavy atom. The van der Waals surface area contributed by atoms with Gasteiger partial charge in [-0.3, -0.25) is 4.79 Å². The van der Waals surface area contributed by atoms with E-state index in [4.69, 9.17) is 27.6 Å². The molecule has 0 aliphatic carbocycles. The van der Waals surface area contributed by atoms with Gasteiger partial charge in [-0.15, -0.1) is 10.2 Å². The lowest BCUT2D eigenvalue weighted by Crippen LogP contribution is -2.21. The molecule has 23 heavy (non-hydrogen) atoms. The van der Waals surface area contributed by atoms with Gasteiger partial charge in [0.15, 0.2) is 15.9 Å². The molecule has 3 rings (SSSR count). The number of anilines is 1. The molecule has 2 heterocycles. The van der Waals surface area contributed by atoms with Crippen LogP contribution < -0.4 is 10.9 Å². The van der Waals surface area contributed by atoms with E-state index in [1.54, 1.807) is 12.1 Å².